The van der Waals surface area contributed by atoms with Gasteiger partial charge in [0.25, 0.3) is 0 Å². The molecule has 1 nitrogen and oxygen atoms in total. The molecule has 2 N–H and O–H groups in total. The third-order valence-corrected chi connectivity index (χ3v) is 7.33. The lowest BCUT2D eigenvalue weighted by Gasteiger charge is -2.31. The number of thiophene rings is 1. The summed E-state index contributed by atoms with van der Waals surface area (Å²) in [6.07, 6.45) is 6.66. The van der Waals surface area contributed by atoms with Gasteiger partial charge < -0.3 is 5.73 Å². The summed E-state index contributed by atoms with van der Waals surface area (Å²) in [6, 6.07) is 2.39. The van der Waals surface area contributed by atoms with Gasteiger partial charge in [-0.3, -0.25) is 0 Å². The Morgan fingerprint density at radius 3 is 2.47 bits per heavy atom. The first-order valence-corrected chi connectivity index (χ1v) is 8.72. The van der Waals surface area contributed by atoms with Crippen molar-refractivity contribution in [1.29, 1.82) is 0 Å². The van der Waals surface area contributed by atoms with Gasteiger partial charge in [-0.1, -0.05) is 26.2 Å². The SMILES string of the molecule is CCC1CCC(C(N)c2cc(Br)c(Br)s2)CC1. The van der Waals surface area contributed by atoms with Crippen molar-refractivity contribution < 1.29 is 0 Å². The van der Waals surface area contributed by atoms with E-state index in [-0.39, 0.29) is 6.04 Å². The fraction of sp³-hybridized carbons (Fsp3) is 0.692. The van der Waals surface area contributed by atoms with E-state index in [0.717, 1.165) is 14.2 Å². The average Bonchev–Trinajstić information content (AvgIpc) is 2.69. The van der Waals surface area contributed by atoms with Crippen LogP contribution in [0.3, 0.4) is 0 Å². The molecule has 0 aliphatic heterocycles. The van der Waals surface area contributed by atoms with Gasteiger partial charge in [-0.05, 0) is 62.6 Å². The van der Waals surface area contributed by atoms with Gasteiger partial charge in [-0.25, -0.2) is 0 Å². The monoisotopic (exact) mass is 379 g/mol. The summed E-state index contributed by atoms with van der Waals surface area (Å²) in [4.78, 5) is 1.31. The zero-order chi connectivity index (χ0) is 12.4. The Kier molecular flexibility index (Phi) is 5.10. The summed E-state index contributed by atoms with van der Waals surface area (Å²) in [7, 11) is 0. The van der Waals surface area contributed by atoms with Crippen LogP contribution >= 0.6 is 43.2 Å². The van der Waals surface area contributed by atoms with Gasteiger partial charge in [0.1, 0.15) is 0 Å². The number of hydrogen-bond acceptors (Lipinski definition) is 2. The molecule has 1 heterocycles. The highest BCUT2D eigenvalue weighted by atomic mass is 79.9. The molecule has 0 radical (unpaired) electrons. The van der Waals surface area contributed by atoms with E-state index in [2.05, 4.69) is 44.8 Å². The molecule has 1 fully saturated rings. The molecule has 0 aromatic carbocycles. The number of rotatable bonds is 3. The standard InChI is InChI=1S/C13H19Br2NS/c1-2-8-3-5-9(6-4-8)12(16)11-7-10(14)13(15)17-11/h7-9,12H,2-6,16H2,1H3. The molecule has 17 heavy (non-hydrogen) atoms. The van der Waals surface area contributed by atoms with Crippen molar-refractivity contribution >= 4 is 43.2 Å². The molecule has 1 aliphatic carbocycles. The van der Waals surface area contributed by atoms with Crippen molar-refractivity contribution in [2.24, 2.45) is 17.6 Å². The highest BCUT2D eigenvalue weighted by Crippen LogP contribution is 2.41. The van der Waals surface area contributed by atoms with Crippen LogP contribution in [0.25, 0.3) is 0 Å². The van der Waals surface area contributed by atoms with E-state index in [1.807, 2.05) is 0 Å². The van der Waals surface area contributed by atoms with E-state index in [9.17, 15) is 0 Å². The molecule has 0 spiro atoms. The highest BCUT2D eigenvalue weighted by Gasteiger charge is 2.26. The third-order valence-electron chi connectivity index (χ3n) is 3.97. The maximum atomic E-state index is 6.41. The molecule has 0 saturated heterocycles. The molecular weight excluding hydrogens is 362 g/mol. The molecule has 1 aromatic heterocycles. The minimum Gasteiger partial charge on any atom is -0.323 e. The van der Waals surface area contributed by atoms with Crippen LogP contribution in [-0.2, 0) is 0 Å². The molecule has 96 valence electrons. The Hall–Kier alpha value is 0.620. The van der Waals surface area contributed by atoms with Crippen molar-refractivity contribution in [1.82, 2.24) is 0 Å². The molecule has 4 heteroatoms. The van der Waals surface area contributed by atoms with Crippen LogP contribution in [0.2, 0.25) is 0 Å². The first-order valence-electron chi connectivity index (χ1n) is 6.32. The Labute approximate surface area is 124 Å². The maximum absolute atomic E-state index is 6.41. The van der Waals surface area contributed by atoms with Crippen molar-refractivity contribution in [3.05, 3.63) is 19.2 Å². The zero-order valence-corrected chi connectivity index (χ0v) is 14.1. The largest absolute Gasteiger partial charge is 0.323 e. The second kappa shape index (κ2) is 6.18. The van der Waals surface area contributed by atoms with Crippen LogP contribution in [0.1, 0.15) is 49.9 Å². The van der Waals surface area contributed by atoms with Gasteiger partial charge in [0, 0.05) is 15.4 Å². The van der Waals surface area contributed by atoms with E-state index < -0.39 is 0 Å². The van der Waals surface area contributed by atoms with Crippen LogP contribution in [-0.4, -0.2) is 0 Å². The van der Waals surface area contributed by atoms with Crippen molar-refractivity contribution in [2.45, 2.75) is 45.1 Å². The first-order chi connectivity index (χ1) is 8.11. The Bertz CT molecular complexity index is 350. The highest BCUT2D eigenvalue weighted by molar-refractivity contribution is 9.13. The van der Waals surface area contributed by atoms with Crippen molar-refractivity contribution in [3.63, 3.8) is 0 Å². The van der Waals surface area contributed by atoms with Crippen molar-refractivity contribution in [2.75, 3.05) is 0 Å². The summed E-state index contributed by atoms with van der Waals surface area (Å²) >= 11 is 8.85. The van der Waals surface area contributed by atoms with Crippen LogP contribution in [0.15, 0.2) is 14.3 Å². The fourth-order valence-corrected chi connectivity index (χ4v) is 4.90. The molecule has 1 aliphatic rings. The second-order valence-electron chi connectivity index (χ2n) is 4.99. The molecule has 1 unspecified atom stereocenters. The molecule has 2 rings (SSSR count). The van der Waals surface area contributed by atoms with E-state index in [1.165, 1.54) is 37.0 Å². The second-order valence-corrected chi connectivity index (χ2v) is 8.24. The number of nitrogens with two attached hydrogens (primary N) is 1. The van der Waals surface area contributed by atoms with E-state index in [0.29, 0.717) is 5.92 Å². The summed E-state index contributed by atoms with van der Waals surface area (Å²) < 4.78 is 2.29. The number of halogens is 2. The fourth-order valence-electron chi connectivity index (χ4n) is 2.72. The van der Waals surface area contributed by atoms with E-state index in [1.54, 1.807) is 11.3 Å². The summed E-state index contributed by atoms with van der Waals surface area (Å²) in [5, 5.41) is 0. The average molecular weight is 381 g/mol. The molecule has 0 bridgehead atoms. The Morgan fingerprint density at radius 1 is 1.35 bits per heavy atom. The van der Waals surface area contributed by atoms with Gasteiger partial charge >= 0.3 is 0 Å². The number of hydrogen-bond donors (Lipinski definition) is 1. The summed E-state index contributed by atoms with van der Waals surface area (Å²) in [6.45, 7) is 2.30. The molecular formula is C13H19Br2NS. The zero-order valence-electron chi connectivity index (χ0n) is 10.1. The van der Waals surface area contributed by atoms with Gasteiger partial charge in [-0.2, -0.15) is 0 Å². The molecule has 1 aromatic rings. The Morgan fingerprint density at radius 2 is 2.00 bits per heavy atom. The van der Waals surface area contributed by atoms with Crippen LogP contribution in [0.4, 0.5) is 0 Å². The molecule has 1 atom stereocenters. The van der Waals surface area contributed by atoms with Crippen LogP contribution in [0, 0.1) is 11.8 Å². The third kappa shape index (κ3) is 3.34. The van der Waals surface area contributed by atoms with Crippen LogP contribution < -0.4 is 5.73 Å². The lowest BCUT2D eigenvalue weighted by atomic mass is 9.77. The minimum absolute atomic E-state index is 0.223. The molecule has 0 amide bonds. The topological polar surface area (TPSA) is 26.0 Å². The lowest BCUT2D eigenvalue weighted by Crippen LogP contribution is -2.25. The smallest absolute Gasteiger partial charge is 0.0843 e. The predicted octanol–water partition coefficient (Wildman–Crippen LogP) is 5.49. The first kappa shape index (κ1) is 14.0. The van der Waals surface area contributed by atoms with E-state index in [4.69, 9.17) is 5.73 Å². The van der Waals surface area contributed by atoms with Gasteiger partial charge in [-0.15, -0.1) is 11.3 Å². The lowest BCUT2D eigenvalue weighted by molar-refractivity contribution is 0.241. The summed E-state index contributed by atoms with van der Waals surface area (Å²) in [5.41, 5.74) is 6.41. The molecule has 1 saturated carbocycles. The summed E-state index contributed by atoms with van der Waals surface area (Å²) in [5.74, 6) is 1.62. The van der Waals surface area contributed by atoms with Crippen molar-refractivity contribution in [3.8, 4) is 0 Å². The van der Waals surface area contributed by atoms with Gasteiger partial charge in [0.15, 0.2) is 0 Å². The normalized spacial score (nSPS) is 27.1. The predicted molar refractivity (Wildman–Crippen MR) is 82.4 cm³/mol. The maximum Gasteiger partial charge on any atom is 0.0843 e. The van der Waals surface area contributed by atoms with Gasteiger partial charge in [0.05, 0.1) is 3.79 Å². The van der Waals surface area contributed by atoms with E-state index >= 15 is 0 Å². The Balaban J connectivity index is 1.99. The van der Waals surface area contributed by atoms with Crippen LogP contribution in [0.5, 0.6) is 0 Å². The van der Waals surface area contributed by atoms with Gasteiger partial charge in [0.2, 0.25) is 0 Å². The minimum atomic E-state index is 0.223. The quantitative estimate of drug-likeness (QED) is 0.736.